The summed E-state index contributed by atoms with van der Waals surface area (Å²) < 4.78 is 34.6. The molecule has 0 unspecified atom stereocenters. The van der Waals surface area contributed by atoms with Gasteiger partial charge in [-0.15, -0.1) is 0 Å². The van der Waals surface area contributed by atoms with E-state index >= 15 is 0 Å². The van der Waals surface area contributed by atoms with Crippen molar-refractivity contribution < 1.29 is 22.7 Å². The van der Waals surface area contributed by atoms with Gasteiger partial charge in [0.05, 0.1) is 17.7 Å². The van der Waals surface area contributed by atoms with Crippen molar-refractivity contribution in [3.63, 3.8) is 0 Å². The first kappa shape index (κ1) is 33.6. The number of anilines is 1. The summed E-state index contributed by atoms with van der Waals surface area (Å²) in [4.78, 5) is 29.6. The van der Waals surface area contributed by atoms with Crippen LogP contribution in [0.15, 0.2) is 108 Å². The van der Waals surface area contributed by atoms with Crippen molar-refractivity contribution in [2.45, 2.75) is 44.2 Å². The number of carbonyl (C=O) groups is 2. The lowest BCUT2D eigenvalue weighted by molar-refractivity contribution is -0.140. The molecule has 8 nitrogen and oxygen atoms in total. The quantitative estimate of drug-likeness (QED) is 0.181. The highest BCUT2D eigenvalue weighted by Gasteiger charge is 2.34. The van der Waals surface area contributed by atoms with Gasteiger partial charge in [0.1, 0.15) is 18.3 Å². The van der Waals surface area contributed by atoms with E-state index in [0.717, 1.165) is 15.4 Å². The summed E-state index contributed by atoms with van der Waals surface area (Å²) in [5.41, 5.74) is 2.82. The van der Waals surface area contributed by atoms with E-state index in [1.165, 1.54) is 24.1 Å². The second-order valence-electron chi connectivity index (χ2n) is 10.7. The second kappa shape index (κ2) is 15.6. The van der Waals surface area contributed by atoms with Crippen molar-refractivity contribution >= 4 is 39.1 Å². The number of methoxy groups -OCH3 is 1. The molecule has 0 radical (unpaired) electrons. The van der Waals surface area contributed by atoms with E-state index in [1.807, 2.05) is 50.2 Å². The summed E-state index contributed by atoms with van der Waals surface area (Å²) in [6, 6.07) is 28.5. The highest BCUT2D eigenvalue weighted by molar-refractivity contribution is 7.92. The first-order valence-electron chi connectivity index (χ1n) is 14.7. The number of sulfonamides is 1. The average Bonchev–Trinajstić information content (AvgIpc) is 3.05. The molecule has 0 saturated carbocycles. The lowest BCUT2D eigenvalue weighted by Gasteiger charge is -2.34. The molecule has 1 N–H and O–H groups in total. The minimum Gasteiger partial charge on any atom is -0.497 e. The van der Waals surface area contributed by atoms with Gasteiger partial charge in [-0.3, -0.25) is 13.9 Å². The van der Waals surface area contributed by atoms with Crippen LogP contribution in [0.1, 0.15) is 30.0 Å². The maximum absolute atomic E-state index is 14.5. The van der Waals surface area contributed by atoms with Crippen LogP contribution in [0.4, 0.5) is 5.69 Å². The SMILES string of the molecule is CCCNC(=O)[C@@H](Cc1ccccc1)N(Cc1cccc(Cl)c1)C(=O)CN(c1ccc(C)cc1)S(=O)(=O)c1ccc(OC)cc1. The van der Waals surface area contributed by atoms with Crippen molar-refractivity contribution in [2.75, 3.05) is 24.5 Å². The average molecular weight is 648 g/mol. The molecular weight excluding hydrogens is 610 g/mol. The summed E-state index contributed by atoms with van der Waals surface area (Å²) in [5, 5.41) is 3.43. The molecule has 45 heavy (non-hydrogen) atoms. The van der Waals surface area contributed by atoms with Crippen LogP contribution < -0.4 is 14.4 Å². The third-order valence-electron chi connectivity index (χ3n) is 7.31. The lowest BCUT2D eigenvalue weighted by atomic mass is 10.0. The smallest absolute Gasteiger partial charge is 0.264 e. The molecule has 1 atom stereocenters. The van der Waals surface area contributed by atoms with Crippen LogP contribution in [0.3, 0.4) is 0 Å². The summed E-state index contributed by atoms with van der Waals surface area (Å²) in [7, 11) is -2.71. The number of benzene rings is 4. The Morgan fingerprint density at radius 3 is 2.18 bits per heavy atom. The number of hydrogen-bond donors (Lipinski definition) is 1. The molecule has 4 rings (SSSR count). The van der Waals surface area contributed by atoms with E-state index in [9.17, 15) is 18.0 Å². The Kier molecular flexibility index (Phi) is 11.6. The molecule has 0 spiro atoms. The zero-order chi connectivity index (χ0) is 32.4. The van der Waals surface area contributed by atoms with Crippen molar-refractivity contribution in [2.24, 2.45) is 0 Å². The third-order valence-corrected chi connectivity index (χ3v) is 9.33. The molecule has 4 aromatic carbocycles. The van der Waals surface area contributed by atoms with Gasteiger partial charge in [-0.1, -0.05) is 78.7 Å². The molecule has 236 valence electrons. The van der Waals surface area contributed by atoms with Gasteiger partial charge in [0, 0.05) is 24.5 Å². The Labute approximate surface area is 270 Å². The highest BCUT2D eigenvalue weighted by atomic mass is 35.5. The zero-order valence-corrected chi connectivity index (χ0v) is 27.2. The van der Waals surface area contributed by atoms with Gasteiger partial charge < -0.3 is 15.0 Å². The summed E-state index contributed by atoms with van der Waals surface area (Å²) in [5.74, 6) is -0.363. The predicted molar refractivity (Wildman–Crippen MR) is 178 cm³/mol. The van der Waals surface area contributed by atoms with Crippen LogP contribution in [-0.4, -0.2) is 51.4 Å². The molecular formula is C35H38ClN3O5S. The highest BCUT2D eigenvalue weighted by Crippen LogP contribution is 2.27. The van der Waals surface area contributed by atoms with Crippen LogP contribution >= 0.6 is 11.6 Å². The third kappa shape index (κ3) is 8.86. The van der Waals surface area contributed by atoms with E-state index in [1.54, 1.807) is 54.6 Å². The fraction of sp³-hybridized carbons (Fsp3) is 0.257. The zero-order valence-electron chi connectivity index (χ0n) is 25.6. The molecule has 0 aromatic heterocycles. The van der Waals surface area contributed by atoms with Gasteiger partial charge in [-0.25, -0.2) is 8.42 Å². The molecule has 0 fully saturated rings. The van der Waals surface area contributed by atoms with Crippen molar-refractivity contribution in [3.8, 4) is 5.75 Å². The summed E-state index contributed by atoms with van der Waals surface area (Å²) in [6.45, 7) is 3.79. The van der Waals surface area contributed by atoms with E-state index in [-0.39, 0.29) is 23.8 Å². The van der Waals surface area contributed by atoms with Crippen molar-refractivity contribution in [1.29, 1.82) is 0 Å². The Balaban J connectivity index is 1.79. The molecule has 4 aromatic rings. The maximum Gasteiger partial charge on any atom is 0.264 e. The first-order chi connectivity index (χ1) is 21.6. The lowest BCUT2D eigenvalue weighted by Crippen LogP contribution is -2.53. The Morgan fingerprint density at radius 1 is 0.889 bits per heavy atom. The van der Waals surface area contributed by atoms with Gasteiger partial charge >= 0.3 is 0 Å². The van der Waals surface area contributed by atoms with E-state index in [2.05, 4.69) is 5.32 Å². The van der Waals surface area contributed by atoms with Gasteiger partial charge in [0.15, 0.2) is 0 Å². The molecule has 0 aliphatic carbocycles. The second-order valence-corrected chi connectivity index (χ2v) is 13.0. The monoisotopic (exact) mass is 647 g/mol. The van der Waals surface area contributed by atoms with Crippen LogP contribution in [0.5, 0.6) is 5.75 Å². The molecule has 0 heterocycles. The number of carbonyl (C=O) groups excluding carboxylic acids is 2. The number of hydrogen-bond acceptors (Lipinski definition) is 5. The standard InChI is InChI=1S/C35H38ClN3O5S/c1-4-21-37-35(41)33(23-27-9-6-5-7-10-27)38(24-28-11-8-12-29(36)22-28)34(40)25-39(30-15-13-26(2)14-16-30)45(42,43)32-19-17-31(44-3)18-20-32/h5-20,22,33H,4,21,23-25H2,1-3H3,(H,37,41)/t33-/m1/s1. The largest absolute Gasteiger partial charge is 0.497 e. The van der Waals surface area contributed by atoms with Crippen molar-refractivity contribution in [1.82, 2.24) is 10.2 Å². The number of halogens is 1. The first-order valence-corrected chi connectivity index (χ1v) is 16.5. The number of amides is 2. The topological polar surface area (TPSA) is 96.0 Å². The van der Waals surface area contributed by atoms with E-state index in [0.29, 0.717) is 35.0 Å². The Hall–Kier alpha value is -4.34. The number of nitrogens with one attached hydrogen (secondary N) is 1. The van der Waals surface area contributed by atoms with Crippen LogP contribution in [0.2, 0.25) is 5.02 Å². The van der Waals surface area contributed by atoms with Gasteiger partial charge in [-0.2, -0.15) is 0 Å². The molecule has 0 bridgehead atoms. The van der Waals surface area contributed by atoms with Crippen LogP contribution in [0.25, 0.3) is 0 Å². The van der Waals surface area contributed by atoms with Crippen LogP contribution in [-0.2, 0) is 32.6 Å². The number of nitrogens with zero attached hydrogens (tertiary/aromatic N) is 2. The Bertz CT molecular complexity index is 1680. The summed E-state index contributed by atoms with van der Waals surface area (Å²) in [6.07, 6.45) is 0.950. The predicted octanol–water partition coefficient (Wildman–Crippen LogP) is 6.02. The van der Waals surface area contributed by atoms with E-state index < -0.39 is 28.5 Å². The number of aryl methyl sites for hydroxylation is 1. The fourth-order valence-corrected chi connectivity index (χ4v) is 6.49. The molecule has 2 amide bonds. The number of rotatable bonds is 14. The minimum absolute atomic E-state index is 0.000379. The molecule has 0 aliphatic rings. The number of ether oxygens (including phenoxy) is 1. The molecule has 0 aliphatic heterocycles. The van der Waals surface area contributed by atoms with Gasteiger partial charge in [-0.05, 0) is 73.0 Å². The minimum atomic E-state index is -4.21. The van der Waals surface area contributed by atoms with Gasteiger partial charge in [0.2, 0.25) is 11.8 Å². The maximum atomic E-state index is 14.5. The van der Waals surface area contributed by atoms with Crippen molar-refractivity contribution in [3.05, 3.63) is 125 Å². The van der Waals surface area contributed by atoms with Crippen LogP contribution in [0, 0.1) is 6.92 Å². The summed E-state index contributed by atoms with van der Waals surface area (Å²) >= 11 is 6.30. The molecule has 0 saturated heterocycles. The van der Waals surface area contributed by atoms with E-state index in [4.69, 9.17) is 16.3 Å². The fourth-order valence-electron chi connectivity index (χ4n) is 4.87. The Morgan fingerprint density at radius 2 is 1.56 bits per heavy atom. The molecule has 10 heteroatoms. The van der Waals surface area contributed by atoms with Gasteiger partial charge in [0.25, 0.3) is 10.0 Å². The normalized spacial score (nSPS) is 11.8.